The number of fused-ring (bicyclic) bond motifs is 1. The molecule has 1 unspecified atom stereocenters. The molecule has 0 saturated carbocycles. The summed E-state index contributed by atoms with van der Waals surface area (Å²) in [5, 5.41) is 2.15. The normalized spacial score (nSPS) is 19.2. The number of likely N-dealkylation sites (tertiary alicyclic amines) is 1. The van der Waals surface area contributed by atoms with Crippen LogP contribution in [-0.2, 0) is 13.1 Å². The van der Waals surface area contributed by atoms with Gasteiger partial charge in [-0.15, -0.1) is 11.3 Å². The predicted molar refractivity (Wildman–Crippen MR) is 89.9 cm³/mol. The van der Waals surface area contributed by atoms with Crippen LogP contribution in [0.5, 0.6) is 0 Å². The van der Waals surface area contributed by atoms with Crippen LogP contribution in [0.4, 0.5) is 0 Å². The third kappa shape index (κ3) is 2.34. The molecule has 3 heterocycles. The van der Waals surface area contributed by atoms with E-state index in [4.69, 9.17) is 4.98 Å². The van der Waals surface area contributed by atoms with Gasteiger partial charge in [-0.05, 0) is 38.4 Å². The zero-order chi connectivity index (χ0) is 14.9. The number of nitrogens with zero attached hydrogens (tertiary/aromatic N) is 4. The van der Waals surface area contributed by atoms with Gasteiger partial charge in [0.05, 0.1) is 28.3 Å². The largest absolute Gasteiger partial charge is 0.327 e. The van der Waals surface area contributed by atoms with Crippen LogP contribution in [0.2, 0.25) is 0 Å². The van der Waals surface area contributed by atoms with E-state index in [0.29, 0.717) is 6.04 Å². The van der Waals surface area contributed by atoms with Crippen LogP contribution < -0.4 is 0 Å². The minimum absolute atomic E-state index is 0.411. The fourth-order valence-electron chi connectivity index (χ4n) is 3.51. The second-order valence-electron chi connectivity index (χ2n) is 5.81. The van der Waals surface area contributed by atoms with Gasteiger partial charge in [-0.1, -0.05) is 12.1 Å². The number of hydrogen-bond acceptors (Lipinski definition) is 4. The van der Waals surface area contributed by atoms with E-state index >= 15 is 0 Å². The molecule has 1 aliphatic heterocycles. The van der Waals surface area contributed by atoms with E-state index in [1.807, 2.05) is 5.51 Å². The summed E-state index contributed by atoms with van der Waals surface area (Å²) < 4.78 is 2.37. The van der Waals surface area contributed by atoms with Gasteiger partial charge >= 0.3 is 0 Å². The Morgan fingerprint density at radius 2 is 2.23 bits per heavy atom. The van der Waals surface area contributed by atoms with Gasteiger partial charge in [0.2, 0.25) is 0 Å². The molecule has 0 N–H and O–H groups in total. The van der Waals surface area contributed by atoms with Crippen LogP contribution in [-0.4, -0.2) is 26.0 Å². The molecule has 1 aliphatic rings. The van der Waals surface area contributed by atoms with E-state index in [2.05, 4.69) is 51.0 Å². The van der Waals surface area contributed by atoms with E-state index < -0.39 is 0 Å². The highest BCUT2D eigenvalue weighted by Crippen LogP contribution is 2.34. The summed E-state index contributed by atoms with van der Waals surface area (Å²) in [6.45, 7) is 5.24. The van der Waals surface area contributed by atoms with Crippen LogP contribution in [0.15, 0.2) is 35.2 Å². The molecular formula is C17H20N4S. The van der Waals surface area contributed by atoms with Crippen LogP contribution in [0.3, 0.4) is 0 Å². The Morgan fingerprint density at radius 1 is 1.32 bits per heavy atom. The molecule has 5 heteroatoms. The first-order valence-corrected chi connectivity index (χ1v) is 8.87. The summed E-state index contributed by atoms with van der Waals surface area (Å²) in [7, 11) is 0. The molecule has 2 aromatic heterocycles. The van der Waals surface area contributed by atoms with Gasteiger partial charge in [0.1, 0.15) is 5.82 Å². The molecule has 114 valence electrons. The third-order valence-electron chi connectivity index (χ3n) is 4.51. The zero-order valence-electron chi connectivity index (χ0n) is 12.8. The summed E-state index contributed by atoms with van der Waals surface area (Å²) in [5.74, 6) is 1.22. The molecule has 1 saturated heterocycles. The van der Waals surface area contributed by atoms with Crippen molar-refractivity contribution in [2.24, 2.45) is 0 Å². The number of para-hydroxylation sites is 2. The summed E-state index contributed by atoms with van der Waals surface area (Å²) in [6, 6.07) is 8.87. The van der Waals surface area contributed by atoms with E-state index in [1.165, 1.54) is 29.9 Å². The van der Waals surface area contributed by atoms with Crippen molar-refractivity contribution < 1.29 is 0 Å². The Balaban J connectivity index is 1.70. The topological polar surface area (TPSA) is 34.0 Å². The smallest absolute Gasteiger partial charge is 0.127 e. The van der Waals surface area contributed by atoms with E-state index in [0.717, 1.165) is 25.2 Å². The predicted octanol–water partition coefficient (Wildman–Crippen LogP) is 3.85. The zero-order valence-corrected chi connectivity index (χ0v) is 13.6. The van der Waals surface area contributed by atoms with Crippen molar-refractivity contribution in [3.63, 3.8) is 0 Å². The molecule has 0 aliphatic carbocycles. The van der Waals surface area contributed by atoms with Crippen molar-refractivity contribution in [1.29, 1.82) is 0 Å². The van der Waals surface area contributed by atoms with Crippen molar-refractivity contribution in [3.05, 3.63) is 46.7 Å². The van der Waals surface area contributed by atoms with Gasteiger partial charge in [-0.2, -0.15) is 0 Å². The van der Waals surface area contributed by atoms with Crippen LogP contribution in [0.1, 0.15) is 37.3 Å². The van der Waals surface area contributed by atoms with Gasteiger partial charge in [0.15, 0.2) is 0 Å². The second kappa shape index (κ2) is 5.82. The Labute approximate surface area is 134 Å². The molecular weight excluding hydrogens is 292 g/mol. The lowest BCUT2D eigenvalue weighted by atomic mass is 10.2. The van der Waals surface area contributed by atoms with Crippen LogP contribution >= 0.6 is 11.3 Å². The molecule has 4 rings (SSSR count). The number of benzene rings is 1. The number of aryl methyl sites for hydroxylation is 1. The lowest BCUT2D eigenvalue weighted by molar-refractivity contribution is 0.233. The maximum atomic E-state index is 4.95. The van der Waals surface area contributed by atoms with Crippen LogP contribution in [0, 0.1) is 0 Å². The van der Waals surface area contributed by atoms with Crippen molar-refractivity contribution in [2.45, 2.75) is 38.9 Å². The number of rotatable bonds is 4. The first-order chi connectivity index (χ1) is 10.9. The fourth-order valence-corrected chi connectivity index (χ4v) is 4.06. The fraction of sp³-hybridized carbons (Fsp3) is 0.412. The molecule has 0 amide bonds. The number of thiazole rings is 1. The first kappa shape index (κ1) is 13.9. The standard InChI is InChI=1S/C17H20N4S/c1-2-21-15-7-4-3-6-14(15)19-17(21)16-8-5-9-20(16)10-13-11-22-12-18-13/h3-4,6-7,11-12,16H,2,5,8-10H2,1H3. The SMILES string of the molecule is CCn1c(C2CCCN2Cc2cscn2)nc2ccccc21. The minimum atomic E-state index is 0.411. The highest BCUT2D eigenvalue weighted by Gasteiger charge is 2.30. The molecule has 0 radical (unpaired) electrons. The Hall–Kier alpha value is -1.72. The van der Waals surface area contributed by atoms with E-state index in [-0.39, 0.29) is 0 Å². The summed E-state index contributed by atoms with van der Waals surface area (Å²) in [6.07, 6.45) is 2.43. The molecule has 1 aromatic carbocycles. The van der Waals surface area contributed by atoms with E-state index in [9.17, 15) is 0 Å². The maximum Gasteiger partial charge on any atom is 0.127 e. The summed E-state index contributed by atoms with van der Waals surface area (Å²) >= 11 is 1.67. The van der Waals surface area contributed by atoms with Crippen molar-refractivity contribution in [3.8, 4) is 0 Å². The maximum absolute atomic E-state index is 4.95. The quantitative estimate of drug-likeness (QED) is 0.734. The van der Waals surface area contributed by atoms with Gasteiger partial charge in [0, 0.05) is 18.5 Å². The third-order valence-corrected chi connectivity index (χ3v) is 5.15. The Kier molecular flexibility index (Phi) is 3.68. The Morgan fingerprint density at radius 3 is 3.05 bits per heavy atom. The lowest BCUT2D eigenvalue weighted by Gasteiger charge is -2.23. The van der Waals surface area contributed by atoms with Crippen molar-refractivity contribution in [1.82, 2.24) is 19.4 Å². The van der Waals surface area contributed by atoms with Gasteiger partial charge in [0.25, 0.3) is 0 Å². The second-order valence-corrected chi connectivity index (χ2v) is 6.53. The highest BCUT2D eigenvalue weighted by molar-refractivity contribution is 7.07. The molecule has 0 spiro atoms. The minimum Gasteiger partial charge on any atom is -0.327 e. The molecule has 0 bridgehead atoms. The number of imidazole rings is 1. The molecule has 22 heavy (non-hydrogen) atoms. The first-order valence-electron chi connectivity index (χ1n) is 7.93. The van der Waals surface area contributed by atoms with Crippen LogP contribution in [0.25, 0.3) is 11.0 Å². The van der Waals surface area contributed by atoms with Gasteiger partial charge in [-0.25, -0.2) is 9.97 Å². The molecule has 1 fully saturated rings. The lowest BCUT2D eigenvalue weighted by Crippen LogP contribution is -2.25. The molecule has 3 aromatic rings. The van der Waals surface area contributed by atoms with Gasteiger partial charge in [-0.3, -0.25) is 4.90 Å². The van der Waals surface area contributed by atoms with Crippen molar-refractivity contribution >= 4 is 22.4 Å². The Bertz CT molecular complexity index is 762. The monoisotopic (exact) mass is 312 g/mol. The summed E-state index contributed by atoms with van der Waals surface area (Å²) in [4.78, 5) is 11.9. The molecule has 4 nitrogen and oxygen atoms in total. The van der Waals surface area contributed by atoms with Crippen molar-refractivity contribution in [2.75, 3.05) is 6.54 Å². The average Bonchev–Trinajstić information content (AvgIpc) is 3.26. The summed E-state index contributed by atoms with van der Waals surface area (Å²) in [5.41, 5.74) is 5.46. The van der Waals surface area contributed by atoms with E-state index in [1.54, 1.807) is 11.3 Å². The average molecular weight is 312 g/mol. The number of aromatic nitrogens is 3. The highest BCUT2D eigenvalue weighted by atomic mass is 32.1. The number of hydrogen-bond donors (Lipinski definition) is 0. The van der Waals surface area contributed by atoms with Gasteiger partial charge < -0.3 is 4.57 Å². The molecule has 1 atom stereocenters.